The van der Waals surface area contributed by atoms with Gasteiger partial charge in [-0.3, -0.25) is 0 Å². The number of carbonyl (C=O) groups is 1. The third kappa shape index (κ3) is 1.69. The van der Waals surface area contributed by atoms with Gasteiger partial charge in [0.25, 0.3) is 0 Å². The first-order valence-electron chi connectivity index (χ1n) is 3.93. The van der Waals surface area contributed by atoms with Crippen LogP contribution in [0.4, 0.5) is 0 Å². The maximum atomic E-state index is 11.2. The molecule has 72 valence electrons. The van der Waals surface area contributed by atoms with E-state index in [4.69, 9.17) is 5.26 Å². The van der Waals surface area contributed by atoms with E-state index >= 15 is 0 Å². The van der Waals surface area contributed by atoms with Gasteiger partial charge in [0.1, 0.15) is 6.07 Å². The van der Waals surface area contributed by atoms with Gasteiger partial charge in [0, 0.05) is 0 Å². The van der Waals surface area contributed by atoms with Gasteiger partial charge >= 0.3 is 5.97 Å². The molecule has 0 saturated heterocycles. The first-order valence-corrected chi connectivity index (χ1v) is 3.93. The average molecular weight is 191 g/mol. The van der Waals surface area contributed by atoms with E-state index in [-0.39, 0.29) is 11.4 Å². The lowest BCUT2D eigenvalue weighted by Gasteiger charge is -2.03. The molecule has 0 amide bonds. The topological polar surface area (TPSA) is 75.9 Å². The number of hydrogen-bond donors (Lipinski definition) is 0. The van der Waals surface area contributed by atoms with Gasteiger partial charge in [-0.2, -0.15) is 5.26 Å². The van der Waals surface area contributed by atoms with E-state index in [1.165, 1.54) is 7.11 Å². The Hall–Kier alpha value is -1.96. The second kappa shape index (κ2) is 3.83. The minimum atomic E-state index is -0.642. The lowest BCUT2D eigenvalue weighted by atomic mass is 10.2. The molecule has 5 heteroatoms. The molecule has 0 bridgehead atoms. The van der Waals surface area contributed by atoms with E-state index in [0.717, 1.165) is 0 Å². The van der Waals surface area contributed by atoms with Crippen LogP contribution in [0.5, 0.6) is 0 Å². The standard InChI is InChI=1S/C9H9N3O2/c1-5-6(2)12-8(9(13)14-3)7(4-10)11-5/h1-3H3. The Bertz CT molecular complexity index is 421. The fraction of sp³-hybridized carbons (Fsp3) is 0.333. The van der Waals surface area contributed by atoms with Crippen LogP contribution in [0.1, 0.15) is 27.6 Å². The molecular weight excluding hydrogens is 182 g/mol. The van der Waals surface area contributed by atoms with Crippen molar-refractivity contribution in [3.05, 3.63) is 22.8 Å². The zero-order valence-electron chi connectivity index (χ0n) is 8.16. The second-order valence-corrected chi connectivity index (χ2v) is 2.70. The van der Waals surface area contributed by atoms with Crippen molar-refractivity contribution in [1.29, 1.82) is 5.26 Å². The third-order valence-electron chi connectivity index (χ3n) is 1.79. The number of aryl methyl sites for hydroxylation is 2. The molecule has 14 heavy (non-hydrogen) atoms. The SMILES string of the molecule is COC(=O)c1nc(C)c(C)nc1C#N. The summed E-state index contributed by atoms with van der Waals surface area (Å²) in [6, 6.07) is 1.80. The third-order valence-corrected chi connectivity index (χ3v) is 1.79. The maximum Gasteiger partial charge on any atom is 0.359 e. The van der Waals surface area contributed by atoms with Crippen molar-refractivity contribution in [3.8, 4) is 6.07 Å². The summed E-state index contributed by atoms with van der Waals surface area (Å²) in [7, 11) is 1.24. The quantitative estimate of drug-likeness (QED) is 0.612. The fourth-order valence-electron chi connectivity index (χ4n) is 0.920. The summed E-state index contributed by atoms with van der Waals surface area (Å²) in [6.07, 6.45) is 0. The van der Waals surface area contributed by atoms with Crippen LogP contribution in [0.3, 0.4) is 0 Å². The van der Waals surface area contributed by atoms with Gasteiger partial charge in [-0.25, -0.2) is 14.8 Å². The van der Waals surface area contributed by atoms with Crippen LogP contribution < -0.4 is 0 Å². The van der Waals surface area contributed by atoms with Crippen LogP contribution in [0, 0.1) is 25.2 Å². The van der Waals surface area contributed by atoms with E-state index in [0.29, 0.717) is 11.4 Å². The number of nitriles is 1. The van der Waals surface area contributed by atoms with Crippen molar-refractivity contribution in [1.82, 2.24) is 9.97 Å². The highest BCUT2D eigenvalue weighted by Gasteiger charge is 2.16. The predicted octanol–water partition coefficient (Wildman–Crippen LogP) is 0.752. The zero-order chi connectivity index (χ0) is 10.7. The number of hydrogen-bond acceptors (Lipinski definition) is 5. The van der Waals surface area contributed by atoms with Crippen LogP contribution in [0.15, 0.2) is 0 Å². The van der Waals surface area contributed by atoms with E-state index in [9.17, 15) is 4.79 Å². The highest BCUT2D eigenvalue weighted by molar-refractivity contribution is 5.89. The van der Waals surface area contributed by atoms with Gasteiger partial charge in [0.2, 0.25) is 0 Å². The molecule has 0 spiro atoms. The van der Waals surface area contributed by atoms with Gasteiger partial charge < -0.3 is 4.74 Å². The van der Waals surface area contributed by atoms with Crippen LogP contribution in [-0.2, 0) is 4.74 Å². The molecule has 0 N–H and O–H groups in total. The van der Waals surface area contributed by atoms with E-state index in [1.807, 2.05) is 0 Å². The summed E-state index contributed by atoms with van der Waals surface area (Å²) >= 11 is 0. The molecule has 0 radical (unpaired) electrons. The summed E-state index contributed by atoms with van der Waals surface area (Å²) in [6.45, 7) is 3.44. The fourth-order valence-corrected chi connectivity index (χ4v) is 0.920. The zero-order valence-corrected chi connectivity index (χ0v) is 8.16. The van der Waals surface area contributed by atoms with Crippen molar-refractivity contribution < 1.29 is 9.53 Å². The lowest BCUT2D eigenvalue weighted by molar-refractivity contribution is 0.0592. The molecule has 1 heterocycles. The number of nitrogens with zero attached hydrogens (tertiary/aromatic N) is 3. The molecule has 1 aromatic heterocycles. The molecule has 5 nitrogen and oxygen atoms in total. The number of ether oxygens (including phenoxy) is 1. The summed E-state index contributed by atoms with van der Waals surface area (Å²) < 4.78 is 4.48. The van der Waals surface area contributed by atoms with Crippen LogP contribution in [0.25, 0.3) is 0 Å². The van der Waals surface area contributed by atoms with Crippen molar-refractivity contribution >= 4 is 5.97 Å². The number of aromatic nitrogens is 2. The summed E-state index contributed by atoms with van der Waals surface area (Å²) in [4.78, 5) is 19.1. The lowest BCUT2D eigenvalue weighted by Crippen LogP contribution is -2.11. The highest BCUT2D eigenvalue weighted by atomic mass is 16.5. The molecule has 0 unspecified atom stereocenters. The van der Waals surface area contributed by atoms with Gasteiger partial charge in [-0.1, -0.05) is 0 Å². The number of esters is 1. The van der Waals surface area contributed by atoms with Crippen molar-refractivity contribution in [3.63, 3.8) is 0 Å². The Morgan fingerprint density at radius 3 is 2.43 bits per heavy atom. The predicted molar refractivity (Wildman–Crippen MR) is 47.6 cm³/mol. The van der Waals surface area contributed by atoms with Gasteiger partial charge in [0.05, 0.1) is 18.5 Å². The molecule has 0 aliphatic rings. The second-order valence-electron chi connectivity index (χ2n) is 2.70. The van der Waals surface area contributed by atoms with Crippen molar-refractivity contribution in [2.45, 2.75) is 13.8 Å². The molecule has 0 aliphatic carbocycles. The maximum absolute atomic E-state index is 11.2. The molecule has 0 aliphatic heterocycles. The van der Waals surface area contributed by atoms with Crippen molar-refractivity contribution in [2.24, 2.45) is 0 Å². The summed E-state index contributed by atoms with van der Waals surface area (Å²) in [5.74, 6) is -0.642. The number of rotatable bonds is 1. The summed E-state index contributed by atoms with van der Waals surface area (Å²) in [5.41, 5.74) is 1.22. The van der Waals surface area contributed by atoms with Gasteiger partial charge in [-0.05, 0) is 13.8 Å². The first kappa shape index (κ1) is 10.1. The Morgan fingerprint density at radius 1 is 1.36 bits per heavy atom. The number of carbonyl (C=O) groups excluding carboxylic acids is 1. The van der Waals surface area contributed by atoms with E-state index in [2.05, 4.69) is 14.7 Å². The Kier molecular flexibility index (Phi) is 2.77. The molecule has 0 saturated carbocycles. The Labute approximate surface area is 81.4 Å². The minimum Gasteiger partial charge on any atom is -0.464 e. The Balaban J connectivity index is 3.36. The van der Waals surface area contributed by atoms with Crippen LogP contribution in [-0.4, -0.2) is 23.0 Å². The highest BCUT2D eigenvalue weighted by Crippen LogP contribution is 2.07. The molecule has 0 atom stereocenters. The smallest absolute Gasteiger partial charge is 0.359 e. The average Bonchev–Trinajstić information content (AvgIpc) is 2.20. The van der Waals surface area contributed by atoms with E-state index < -0.39 is 5.97 Å². The Morgan fingerprint density at radius 2 is 1.93 bits per heavy atom. The van der Waals surface area contributed by atoms with Crippen LogP contribution in [0.2, 0.25) is 0 Å². The number of methoxy groups -OCH3 is 1. The monoisotopic (exact) mass is 191 g/mol. The van der Waals surface area contributed by atoms with E-state index in [1.54, 1.807) is 19.9 Å². The molecule has 0 fully saturated rings. The molecule has 0 aromatic carbocycles. The minimum absolute atomic E-state index is 0.0000463. The van der Waals surface area contributed by atoms with Crippen LogP contribution >= 0.6 is 0 Å². The first-order chi connectivity index (χ1) is 6.60. The summed E-state index contributed by atoms with van der Waals surface area (Å²) in [5, 5.41) is 8.72. The van der Waals surface area contributed by atoms with Crippen molar-refractivity contribution in [2.75, 3.05) is 7.11 Å². The molecular formula is C9H9N3O2. The molecule has 1 rings (SSSR count). The van der Waals surface area contributed by atoms with Gasteiger partial charge in [-0.15, -0.1) is 0 Å². The normalized spacial score (nSPS) is 9.29. The van der Waals surface area contributed by atoms with Gasteiger partial charge in [0.15, 0.2) is 11.4 Å². The largest absolute Gasteiger partial charge is 0.464 e. The molecule has 1 aromatic rings.